The van der Waals surface area contributed by atoms with E-state index >= 15 is 0 Å². The van der Waals surface area contributed by atoms with E-state index in [0.29, 0.717) is 27.8 Å². The Kier molecular flexibility index (Phi) is 4.38. The largest absolute Gasteiger partial charge is 0.355 e. The summed E-state index contributed by atoms with van der Waals surface area (Å²) in [6.45, 7) is 0.283. The van der Waals surface area contributed by atoms with Crippen LogP contribution >= 0.6 is 0 Å². The van der Waals surface area contributed by atoms with E-state index in [2.05, 4.69) is 10.5 Å². The SMILES string of the molecule is O=C(NCc1ccc(F)cc1)c1ccc2noc(-c3ccc(F)cc3)c2c1. The van der Waals surface area contributed by atoms with Crippen molar-refractivity contribution in [3.05, 3.63) is 89.5 Å². The van der Waals surface area contributed by atoms with Gasteiger partial charge in [-0.25, -0.2) is 8.78 Å². The van der Waals surface area contributed by atoms with E-state index in [9.17, 15) is 13.6 Å². The summed E-state index contributed by atoms with van der Waals surface area (Å²) in [5.41, 5.74) is 2.51. The zero-order valence-corrected chi connectivity index (χ0v) is 14.1. The average Bonchev–Trinajstić information content (AvgIpc) is 3.11. The van der Waals surface area contributed by atoms with Gasteiger partial charge in [-0.3, -0.25) is 4.79 Å². The zero-order valence-electron chi connectivity index (χ0n) is 14.1. The number of benzene rings is 3. The molecule has 0 unspecified atom stereocenters. The molecule has 6 heteroatoms. The van der Waals surface area contributed by atoms with E-state index in [1.807, 2.05) is 0 Å². The van der Waals surface area contributed by atoms with Gasteiger partial charge < -0.3 is 9.84 Å². The number of halogens is 2. The number of carbonyl (C=O) groups excluding carboxylic acids is 1. The predicted octanol–water partition coefficient (Wildman–Crippen LogP) is 4.70. The number of carbonyl (C=O) groups is 1. The van der Waals surface area contributed by atoms with Crippen molar-refractivity contribution >= 4 is 16.8 Å². The molecule has 0 atom stereocenters. The van der Waals surface area contributed by atoms with Crippen LogP contribution in [0.5, 0.6) is 0 Å². The molecule has 1 heterocycles. The van der Waals surface area contributed by atoms with Crippen LogP contribution in [-0.2, 0) is 6.54 Å². The molecule has 0 bridgehead atoms. The number of nitrogens with one attached hydrogen (secondary N) is 1. The van der Waals surface area contributed by atoms with Crippen LogP contribution in [0, 0.1) is 11.6 Å². The van der Waals surface area contributed by atoms with Crippen molar-refractivity contribution in [1.82, 2.24) is 10.5 Å². The van der Waals surface area contributed by atoms with Gasteiger partial charge in [0, 0.05) is 17.7 Å². The molecule has 0 aliphatic rings. The van der Waals surface area contributed by atoms with Crippen molar-refractivity contribution in [3.8, 4) is 11.3 Å². The van der Waals surface area contributed by atoms with Crippen molar-refractivity contribution in [3.63, 3.8) is 0 Å². The van der Waals surface area contributed by atoms with Crippen LogP contribution in [0.4, 0.5) is 8.78 Å². The van der Waals surface area contributed by atoms with E-state index in [0.717, 1.165) is 5.56 Å². The van der Waals surface area contributed by atoms with Crippen molar-refractivity contribution in [2.75, 3.05) is 0 Å². The first-order valence-corrected chi connectivity index (χ1v) is 8.28. The zero-order chi connectivity index (χ0) is 18.8. The maximum Gasteiger partial charge on any atom is 0.251 e. The Morgan fingerprint density at radius 2 is 1.59 bits per heavy atom. The van der Waals surface area contributed by atoms with Gasteiger partial charge in [0.25, 0.3) is 5.91 Å². The number of hydrogen-bond acceptors (Lipinski definition) is 3. The number of aromatic nitrogens is 1. The van der Waals surface area contributed by atoms with E-state index in [1.54, 1.807) is 42.5 Å². The van der Waals surface area contributed by atoms with E-state index in [1.165, 1.54) is 24.3 Å². The molecule has 0 saturated heterocycles. The molecule has 134 valence electrons. The summed E-state index contributed by atoms with van der Waals surface area (Å²) in [6.07, 6.45) is 0. The summed E-state index contributed by atoms with van der Waals surface area (Å²) in [6, 6.07) is 16.8. The van der Waals surface area contributed by atoms with Crippen LogP contribution in [-0.4, -0.2) is 11.1 Å². The van der Waals surface area contributed by atoms with E-state index < -0.39 is 0 Å². The Labute approximate surface area is 153 Å². The molecule has 0 fully saturated rings. The molecule has 4 aromatic rings. The highest BCUT2D eigenvalue weighted by Gasteiger charge is 2.14. The standard InChI is InChI=1S/C21H14F2N2O2/c22-16-6-1-13(2-7-16)12-24-21(26)15-5-10-19-18(11-15)20(27-25-19)14-3-8-17(23)9-4-14/h1-11H,12H2,(H,24,26). The predicted molar refractivity (Wildman–Crippen MR) is 97.0 cm³/mol. The van der Waals surface area contributed by atoms with Gasteiger partial charge in [-0.15, -0.1) is 0 Å². The normalized spacial score (nSPS) is 10.9. The summed E-state index contributed by atoms with van der Waals surface area (Å²) >= 11 is 0. The van der Waals surface area contributed by atoms with Crippen molar-refractivity contribution in [2.45, 2.75) is 6.54 Å². The first-order chi connectivity index (χ1) is 13.1. The second-order valence-corrected chi connectivity index (χ2v) is 6.06. The van der Waals surface area contributed by atoms with Gasteiger partial charge in [0.15, 0.2) is 5.76 Å². The van der Waals surface area contributed by atoms with Crippen LogP contribution in [0.25, 0.3) is 22.2 Å². The summed E-state index contributed by atoms with van der Waals surface area (Å²) < 4.78 is 31.5. The van der Waals surface area contributed by atoms with Gasteiger partial charge >= 0.3 is 0 Å². The molecule has 0 radical (unpaired) electrons. The number of amides is 1. The Bertz CT molecular complexity index is 1100. The minimum absolute atomic E-state index is 0.271. The van der Waals surface area contributed by atoms with Crippen LogP contribution < -0.4 is 5.32 Å². The van der Waals surface area contributed by atoms with Crippen LogP contribution in [0.3, 0.4) is 0 Å². The molecule has 3 aromatic carbocycles. The topological polar surface area (TPSA) is 55.1 Å². The van der Waals surface area contributed by atoms with Gasteiger partial charge in [0.1, 0.15) is 17.2 Å². The number of nitrogens with zero attached hydrogens (tertiary/aromatic N) is 1. The Hall–Kier alpha value is -3.54. The van der Waals surface area contributed by atoms with Gasteiger partial charge in [-0.1, -0.05) is 17.3 Å². The number of hydrogen-bond donors (Lipinski definition) is 1. The fraction of sp³-hybridized carbons (Fsp3) is 0.0476. The second kappa shape index (κ2) is 6.99. The number of fused-ring (bicyclic) bond motifs is 1. The minimum Gasteiger partial charge on any atom is -0.355 e. The molecule has 1 N–H and O–H groups in total. The molecule has 1 aromatic heterocycles. The maximum absolute atomic E-state index is 13.1. The molecule has 0 aliphatic carbocycles. The van der Waals surface area contributed by atoms with Gasteiger partial charge in [0.2, 0.25) is 0 Å². The van der Waals surface area contributed by atoms with Gasteiger partial charge in [0.05, 0.1) is 5.39 Å². The molecular formula is C21H14F2N2O2. The lowest BCUT2D eigenvalue weighted by Gasteiger charge is -2.06. The molecule has 4 nitrogen and oxygen atoms in total. The molecule has 0 saturated carbocycles. The lowest BCUT2D eigenvalue weighted by atomic mass is 10.1. The lowest BCUT2D eigenvalue weighted by molar-refractivity contribution is 0.0951. The molecule has 0 aliphatic heterocycles. The summed E-state index contributed by atoms with van der Waals surface area (Å²) in [5.74, 6) is -0.467. The third kappa shape index (κ3) is 3.55. The maximum atomic E-state index is 13.1. The summed E-state index contributed by atoms with van der Waals surface area (Å²) in [7, 11) is 0. The van der Waals surface area contributed by atoms with Crippen LogP contribution in [0.15, 0.2) is 71.3 Å². The molecule has 4 rings (SSSR count). The summed E-state index contributed by atoms with van der Waals surface area (Å²) in [4.78, 5) is 12.5. The monoisotopic (exact) mass is 364 g/mol. The van der Waals surface area contributed by atoms with Gasteiger partial charge in [-0.2, -0.15) is 0 Å². The highest BCUT2D eigenvalue weighted by molar-refractivity contribution is 6.00. The average molecular weight is 364 g/mol. The highest BCUT2D eigenvalue weighted by atomic mass is 19.1. The molecule has 1 amide bonds. The van der Waals surface area contributed by atoms with Gasteiger partial charge in [-0.05, 0) is 60.2 Å². The molecular weight excluding hydrogens is 350 g/mol. The fourth-order valence-electron chi connectivity index (χ4n) is 2.78. The third-order valence-corrected chi connectivity index (χ3v) is 4.21. The Balaban J connectivity index is 1.58. The molecule has 0 spiro atoms. The summed E-state index contributed by atoms with van der Waals surface area (Å²) in [5, 5.41) is 7.44. The van der Waals surface area contributed by atoms with E-state index in [4.69, 9.17) is 4.52 Å². The van der Waals surface area contributed by atoms with Crippen LogP contribution in [0.1, 0.15) is 15.9 Å². The Morgan fingerprint density at radius 3 is 2.30 bits per heavy atom. The second-order valence-electron chi connectivity index (χ2n) is 6.06. The smallest absolute Gasteiger partial charge is 0.251 e. The van der Waals surface area contributed by atoms with Crippen molar-refractivity contribution in [1.29, 1.82) is 0 Å². The quantitative estimate of drug-likeness (QED) is 0.571. The number of rotatable bonds is 4. The van der Waals surface area contributed by atoms with E-state index in [-0.39, 0.29) is 24.1 Å². The first-order valence-electron chi connectivity index (χ1n) is 8.28. The third-order valence-electron chi connectivity index (χ3n) is 4.21. The van der Waals surface area contributed by atoms with Crippen LogP contribution in [0.2, 0.25) is 0 Å². The molecule has 27 heavy (non-hydrogen) atoms. The van der Waals surface area contributed by atoms with Crippen molar-refractivity contribution < 1.29 is 18.1 Å². The fourth-order valence-corrected chi connectivity index (χ4v) is 2.78. The van der Waals surface area contributed by atoms with Crippen molar-refractivity contribution in [2.24, 2.45) is 0 Å². The lowest BCUT2D eigenvalue weighted by Crippen LogP contribution is -2.22. The Morgan fingerprint density at radius 1 is 0.926 bits per heavy atom. The first kappa shape index (κ1) is 16.9. The minimum atomic E-state index is -0.344. The highest BCUT2D eigenvalue weighted by Crippen LogP contribution is 2.29.